The van der Waals surface area contributed by atoms with Gasteiger partial charge in [0.15, 0.2) is 0 Å². The molecule has 2 N–H and O–H groups in total. The number of sulfonamides is 1. The number of ether oxygens (including phenoxy) is 1. The molecule has 0 saturated heterocycles. The fraction of sp³-hybridized carbons (Fsp3) is 0.500. The highest BCUT2D eigenvalue weighted by Crippen LogP contribution is 2.28. The van der Waals surface area contributed by atoms with Crippen molar-refractivity contribution in [1.29, 1.82) is 0 Å². The van der Waals surface area contributed by atoms with Crippen LogP contribution in [0.5, 0.6) is 5.75 Å². The minimum absolute atomic E-state index is 0.0544. The Balaban J connectivity index is 3.09. The van der Waals surface area contributed by atoms with Crippen LogP contribution in [0.25, 0.3) is 0 Å². The van der Waals surface area contributed by atoms with Crippen molar-refractivity contribution in [3.63, 3.8) is 0 Å². The lowest BCUT2D eigenvalue weighted by atomic mass is 10.1. The Labute approximate surface area is 109 Å². The first-order valence-corrected chi connectivity index (χ1v) is 7.18. The zero-order valence-electron chi connectivity index (χ0n) is 11.2. The van der Waals surface area contributed by atoms with Gasteiger partial charge in [0.1, 0.15) is 17.3 Å². The lowest BCUT2D eigenvalue weighted by Gasteiger charge is -2.16. The van der Waals surface area contributed by atoms with Crippen LogP contribution in [0.1, 0.15) is 11.1 Å². The summed E-state index contributed by atoms with van der Waals surface area (Å²) in [6.45, 7) is 4.76. The second-order valence-electron chi connectivity index (χ2n) is 4.61. The summed E-state index contributed by atoms with van der Waals surface area (Å²) < 4.78 is 28.6. The van der Waals surface area contributed by atoms with Gasteiger partial charge < -0.3 is 9.64 Å². The summed E-state index contributed by atoms with van der Waals surface area (Å²) in [5.74, 6) is 0.352. The Kier molecular flexibility index (Phi) is 4.72. The van der Waals surface area contributed by atoms with Crippen LogP contribution in [0.3, 0.4) is 0 Å². The maximum atomic E-state index is 11.5. The zero-order chi connectivity index (χ0) is 13.9. The normalized spacial score (nSPS) is 11.9. The molecule has 0 bridgehead atoms. The van der Waals surface area contributed by atoms with E-state index < -0.39 is 10.0 Å². The summed E-state index contributed by atoms with van der Waals surface area (Å²) in [6, 6.07) is 3.41. The molecule has 1 aromatic carbocycles. The molecule has 0 atom stereocenters. The molecule has 0 aliphatic carbocycles. The highest BCUT2D eigenvalue weighted by Gasteiger charge is 2.18. The van der Waals surface area contributed by atoms with Gasteiger partial charge in [-0.05, 0) is 45.1 Å². The van der Waals surface area contributed by atoms with Gasteiger partial charge in [-0.1, -0.05) is 6.07 Å². The maximum Gasteiger partial charge on any atom is 0.241 e. The van der Waals surface area contributed by atoms with Gasteiger partial charge in [-0.25, -0.2) is 13.6 Å². The van der Waals surface area contributed by atoms with Crippen LogP contribution >= 0.6 is 0 Å². The van der Waals surface area contributed by atoms with Crippen molar-refractivity contribution < 1.29 is 13.2 Å². The number of nitrogens with two attached hydrogens (primary N) is 1. The molecule has 0 amide bonds. The van der Waals surface area contributed by atoms with Gasteiger partial charge in [0.05, 0.1) is 0 Å². The molecule has 18 heavy (non-hydrogen) atoms. The van der Waals surface area contributed by atoms with Crippen molar-refractivity contribution in [2.45, 2.75) is 18.7 Å². The van der Waals surface area contributed by atoms with E-state index in [9.17, 15) is 8.42 Å². The molecular formula is C12H20N2O3S. The number of hydrogen-bond acceptors (Lipinski definition) is 4. The van der Waals surface area contributed by atoms with Crippen LogP contribution in [-0.4, -0.2) is 40.6 Å². The third kappa shape index (κ3) is 3.97. The van der Waals surface area contributed by atoms with Crippen molar-refractivity contribution in [1.82, 2.24) is 4.90 Å². The SMILES string of the molecule is Cc1cc(C)c(OCCN(C)C)c(S(N)(=O)=O)c1. The molecule has 102 valence electrons. The second-order valence-corrected chi connectivity index (χ2v) is 6.14. The monoisotopic (exact) mass is 272 g/mol. The van der Waals surface area contributed by atoms with E-state index in [1.807, 2.05) is 38.9 Å². The zero-order valence-corrected chi connectivity index (χ0v) is 12.0. The van der Waals surface area contributed by atoms with E-state index in [1.54, 1.807) is 0 Å². The van der Waals surface area contributed by atoms with Crippen LogP contribution in [0.2, 0.25) is 0 Å². The fourth-order valence-corrected chi connectivity index (χ4v) is 2.47. The minimum Gasteiger partial charge on any atom is -0.491 e. The Morgan fingerprint density at radius 3 is 2.39 bits per heavy atom. The number of primary sulfonamides is 1. The molecule has 0 fully saturated rings. The van der Waals surface area contributed by atoms with Crippen LogP contribution in [-0.2, 0) is 10.0 Å². The largest absolute Gasteiger partial charge is 0.491 e. The highest BCUT2D eigenvalue weighted by molar-refractivity contribution is 7.89. The van der Waals surface area contributed by atoms with E-state index in [0.717, 1.165) is 11.1 Å². The molecule has 1 rings (SSSR count). The number of likely N-dealkylation sites (N-methyl/N-ethyl adjacent to an activating group) is 1. The molecule has 6 heteroatoms. The van der Waals surface area contributed by atoms with Crippen molar-refractivity contribution in [2.24, 2.45) is 5.14 Å². The van der Waals surface area contributed by atoms with Crippen LogP contribution < -0.4 is 9.88 Å². The molecular weight excluding hydrogens is 252 g/mol. The Hall–Kier alpha value is -1.11. The first kappa shape index (κ1) is 14.9. The van der Waals surface area contributed by atoms with E-state index in [2.05, 4.69) is 0 Å². The summed E-state index contributed by atoms with van der Waals surface area (Å²) in [6.07, 6.45) is 0. The summed E-state index contributed by atoms with van der Waals surface area (Å²) >= 11 is 0. The molecule has 0 radical (unpaired) electrons. The van der Waals surface area contributed by atoms with Gasteiger partial charge in [-0.3, -0.25) is 0 Å². The van der Waals surface area contributed by atoms with Crippen LogP contribution in [0.4, 0.5) is 0 Å². The molecule has 0 heterocycles. The molecule has 0 aliphatic rings. The molecule has 0 aliphatic heterocycles. The van der Waals surface area contributed by atoms with E-state index in [4.69, 9.17) is 9.88 Å². The van der Waals surface area contributed by atoms with Crippen LogP contribution in [0.15, 0.2) is 17.0 Å². The second kappa shape index (κ2) is 5.69. The average molecular weight is 272 g/mol. The lowest BCUT2D eigenvalue weighted by Crippen LogP contribution is -2.21. The van der Waals surface area contributed by atoms with Gasteiger partial charge >= 0.3 is 0 Å². The molecule has 0 aromatic heterocycles. The third-order valence-corrected chi connectivity index (χ3v) is 3.39. The predicted molar refractivity (Wildman–Crippen MR) is 71.3 cm³/mol. The predicted octanol–water partition coefficient (Wildman–Crippen LogP) is 0.891. The smallest absolute Gasteiger partial charge is 0.241 e. The Bertz CT molecular complexity index is 524. The summed E-state index contributed by atoms with van der Waals surface area (Å²) in [5, 5.41) is 5.21. The maximum absolute atomic E-state index is 11.5. The van der Waals surface area contributed by atoms with Gasteiger partial charge in [0.25, 0.3) is 0 Å². The lowest BCUT2D eigenvalue weighted by molar-refractivity contribution is 0.255. The topological polar surface area (TPSA) is 72.6 Å². The van der Waals surface area contributed by atoms with E-state index in [-0.39, 0.29) is 4.90 Å². The fourth-order valence-electron chi connectivity index (χ4n) is 1.64. The molecule has 0 unspecified atom stereocenters. The third-order valence-electron chi connectivity index (χ3n) is 2.48. The first-order chi connectivity index (χ1) is 8.21. The summed E-state index contributed by atoms with van der Waals surface area (Å²) in [5.41, 5.74) is 1.62. The van der Waals surface area contributed by atoms with Crippen LogP contribution in [0, 0.1) is 13.8 Å². The molecule has 0 spiro atoms. The van der Waals surface area contributed by atoms with Crippen molar-refractivity contribution in [3.05, 3.63) is 23.3 Å². The van der Waals surface area contributed by atoms with E-state index in [1.165, 1.54) is 6.07 Å². The molecule has 5 nitrogen and oxygen atoms in total. The number of hydrogen-bond donors (Lipinski definition) is 1. The van der Waals surface area contributed by atoms with Gasteiger partial charge in [-0.15, -0.1) is 0 Å². The van der Waals surface area contributed by atoms with E-state index in [0.29, 0.717) is 18.9 Å². The Morgan fingerprint density at radius 2 is 1.89 bits per heavy atom. The van der Waals surface area contributed by atoms with Gasteiger partial charge in [0, 0.05) is 6.54 Å². The molecule has 1 aromatic rings. The number of benzene rings is 1. The first-order valence-electron chi connectivity index (χ1n) is 5.63. The standard InChI is InChI=1S/C12H20N2O3S/c1-9-7-10(2)12(17-6-5-14(3)4)11(8-9)18(13,15)16/h7-8H,5-6H2,1-4H3,(H2,13,15,16). The highest BCUT2D eigenvalue weighted by atomic mass is 32.2. The van der Waals surface area contributed by atoms with Gasteiger partial charge in [0.2, 0.25) is 10.0 Å². The van der Waals surface area contributed by atoms with Crippen molar-refractivity contribution in [3.8, 4) is 5.75 Å². The minimum atomic E-state index is -3.77. The quantitative estimate of drug-likeness (QED) is 0.864. The Morgan fingerprint density at radius 1 is 1.28 bits per heavy atom. The van der Waals surface area contributed by atoms with Gasteiger partial charge in [-0.2, -0.15) is 0 Å². The van der Waals surface area contributed by atoms with Crippen molar-refractivity contribution in [2.75, 3.05) is 27.2 Å². The number of rotatable bonds is 5. The number of nitrogens with zero attached hydrogens (tertiary/aromatic N) is 1. The average Bonchev–Trinajstić information content (AvgIpc) is 2.18. The molecule has 0 saturated carbocycles. The number of aryl methyl sites for hydroxylation is 2. The van der Waals surface area contributed by atoms with Crippen molar-refractivity contribution >= 4 is 10.0 Å². The summed E-state index contributed by atoms with van der Waals surface area (Å²) in [7, 11) is 0.0774. The van der Waals surface area contributed by atoms with E-state index >= 15 is 0 Å². The summed E-state index contributed by atoms with van der Waals surface area (Å²) in [4.78, 5) is 2.01.